The predicted molar refractivity (Wildman–Crippen MR) is 59.0 cm³/mol. The first-order chi connectivity index (χ1) is 5.61. The molecule has 0 atom stereocenters. The monoisotopic (exact) mass is 238 g/mol. The van der Waals surface area contributed by atoms with Crippen molar-refractivity contribution in [3.63, 3.8) is 0 Å². The van der Waals surface area contributed by atoms with Crippen molar-refractivity contribution in [2.75, 3.05) is 0 Å². The molecule has 5 N–H and O–H groups in total. The van der Waals surface area contributed by atoms with E-state index in [4.69, 9.17) is 16.6 Å². The molecule has 0 radical (unpaired) electrons. The molecule has 0 unspecified atom stereocenters. The molecule has 0 bridgehead atoms. The molecular weight excluding hydrogens is 227 g/mol. The summed E-state index contributed by atoms with van der Waals surface area (Å²) in [6, 6.07) is 6.16. The van der Waals surface area contributed by atoms with E-state index in [1.54, 1.807) is 12.1 Å². The summed E-state index contributed by atoms with van der Waals surface area (Å²) >= 11 is 0. The lowest BCUT2D eigenvalue weighted by atomic mass is 10.1. The standard InChI is InChI=1S/C8H10N2O2.2ClH/c9-7(10)5-1-3-6(4-2-5)8(11)12;;/h1-4,7H,9-10H2,(H,11,12);2*1H. The Kier molecular flexibility index (Phi) is 7.40. The third-order valence-electron chi connectivity index (χ3n) is 1.54. The first kappa shape index (κ1) is 15.7. The highest BCUT2D eigenvalue weighted by atomic mass is 35.5. The fourth-order valence-electron chi connectivity index (χ4n) is 0.848. The molecule has 1 aromatic carbocycles. The van der Waals surface area contributed by atoms with E-state index in [0.717, 1.165) is 5.56 Å². The lowest BCUT2D eigenvalue weighted by molar-refractivity contribution is 0.0697. The van der Waals surface area contributed by atoms with Gasteiger partial charge in [0.15, 0.2) is 0 Å². The maximum Gasteiger partial charge on any atom is 0.335 e. The Labute approximate surface area is 94.1 Å². The van der Waals surface area contributed by atoms with Crippen LogP contribution in [-0.4, -0.2) is 11.1 Å². The van der Waals surface area contributed by atoms with Crippen LogP contribution in [0.5, 0.6) is 0 Å². The Morgan fingerprint density at radius 2 is 1.57 bits per heavy atom. The largest absolute Gasteiger partial charge is 0.478 e. The Hall–Kier alpha value is -0.810. The van der Waals surface area contributed by atoms with E-state index in [-0.39, 0.29) is 30.4 Å². The molecule has 80 valence electrons. The van der Waals surface area contributed by atoms with E-state index >= 15 is 0 Å². The van der Waals surface area contributed by atoms with Crippen LogP contribution in [0.2, 0.25) is 0 Å². The zero-order valence-corrected chi connectivity index (χ0v) is 8.85. The molecule has 0 saturated heterocycles. The van der Waals surface area contributed by atoms with Crippen molar-refractivity contribution in [3.8, 4) is 0 Å². The zero-order valence-electron chi connectivity index (χ0n) is 7.21. The average molecular weight is 239 g/mol. The van der Waals surface area contributed by atoms with Crippen molar-refractivity contribution in [2.24, 2.45) is 11.5 Å². The molecule has 0 amide bonds. The van der Waals surface area contributed by atoms with E-state index in [1.807, 2.05) is 0 Å². The lowest BCUT2D eigenvalue weighted by Gasteiger charge is -2.04. The summed E-state index contributed by atoms with van der Waals surface area (Å²) in [4.78, 5) is 10.4. The van der Waals surface area contributed by atoms with Gasteiger partial charge < -0.3 is 16.6 Å². The normalized spacial score (nSPS) is 8.79. The van der Waals surface area contributed by atoms with Crippen LogP contribution in [0.4, 0.5) is 0 Å². The van der Waals surface area contributed by atoms with Crippen LogP contribution >= 0.6 is 24.8 Å². The van der Waals surface area contributed by atoms with Crippen molar-refractivity contribution in [1.29, 1.82) is 0 Å². The van der Waals surface area contributed by atoms with Gasteiger partial charge in [0.05, 0.1) is 11.7 Å². The second kappa shape index (κ2) is 6.62. The molecule has 0 aromatic heterocycles. The average Bonchev–Trinajstić information content (AvgIpc) is 2.04. The molecular formula is C8H12Cl2N2O2. The summed E-state index contributed by atoms with van der Waals surface area (Å²) in [7, 11) is 0. The van der Waals surface area contributed by atoms with Gasteiger partial charge in [0.1, 0.15) is 0 Å². The van der Waals surface area contributed by atoms with Gasteiger partial charge in [0, 0.05) is 0 Å². The molecule has 1 rings (SSSR count). The number of hydrogen-bond donors (Lipinski definition) is 3. The topological polar surface area (TPSA) is 89.3 Å². The molecule has 1 aromatic rings. The number of carboxylic acids is 1. The fraction of sp³-hybridized carbons (Fsp3) is 0.125. The molecule has 0 aliphatic heterocycles. The number of carbonyl (C=O) groups is 1. The molecule has 6 heteroatoms. The second-order valence-electron chi connectivity index (χ2n) is 2.45. The number of aromatic carboxylic acids is 1. The van der Waals surface area contributed by atoms with Gasteiger partial charge in [0.2, 0.25) is 0 Å². The van der Waals surface area contributed by atoms with E-state index in [9.17, 15) is 4.79 Å². The van der Waals surface area contributed by atoms with Crippen LogP contribution in [0.3, 0.4) is 0 Å². The molecule has 0 heterocycles. The third-order valence-corrected chi connectivity index (χ3v) is 1.54. The first-order valence-electron chi connectivity index (χ1n) is 3.45. The number of benzene rings is 1. The summed E-state index contributed by atoms with van der Waals surface area (Å²) in [5, 5.41) is 8.55. The van der Waals surface area contributed by atoms with Gasteiger partial charge in [-0.3, -0.25) is 0 Å². The van der Waals surface area contributed by atoms with Gasteiger partial charge in [-0.15, -0.1) is 24.8 Å². The van der Waals surface area contributed by atoms with E-state index in [2.05, 4.69) is 0 Å². The first-order valence-corrected chi connectivity index (χ1v) is 3.45. The molecule has 0 saturated carbocycles. The number of nitrogens with two attached hydrogens (primary N) is 2. The molecule has 0 spiro atoms. The number of carboxylic acid groups (broad SMARTS) is 1. The number of halogens is 2. The highest BCUT2D eigenvalue weighted by molar-refractivity contribution is 5.87. The Balaban J connectivity index is 0. The van der Waals surface area contributed by atoms with Crippen LogP contribution < -0.4 is 11.5 Å². The molecule has 0 fully saturated rings. The maximum absolute atomic E-state index is 10.4. The third kappa shape index (κ3) is 3.93. The van der Waals surface area contributed by atoms with E-state index in [1.165, 1.54) is 12.1 Å². The molecule has 4 nitrogen and oxygen atoms in total. The van der Waals surface area contributed by atoms with Crippen LogP contribution in [0, 0.1) is 0 Å². The fourth-order valence-corrected chi connectivity index (χ4v) is 0.848. The quantitative estimate of drug-likeness (QED) is 0.675. The van der Waals surface area contributed by atoms with Gasteiger partial charge in [-0.25, -0.2) is 4.79 Å². The summed E-state index contributed by atoms with van der Waals surface area (Å²) < 4.78 is 0. The summed E-state index contributed by atoms with van der Waals surface area (Å²) in [6.07, 6.45) is -0.548. The van der Waals surface area contributed by atoms with Crippen LogP contribution in [0.15, 0.2) is 24.3 Å². The van der Waals surface area contributed by atoms with Crippen molar-refractivity contribution in [1.82, 2.24) is 0 Å². The van der Waals surface area contributed by atoms with Crippen LogP contribution in [-0.2, 0) is 0 Å². The Morgan fingerprint density at radius 3 is 1.86 bits per heavy atom. The SMILES string of the molecule is Cl.Cl.NC(N)c1ccc(C(=O)O)cc1. The maximum atomic E-state index is 10.4. The van der Waals surface area contributed by atoms with E-state index < -0.39 is 12.1 Å². The van der Waals surface area contributed by atoms with Crippen LogP contribution in [0.1, 0.15) is 22.1 Å². The predicted octanol–water partition coefficient (Wildman–Crippen LogP) is 1.14. The highest BCUT2D eigenvalue weighted by Gasteiger charge is 2.03. The number of hydrogen-bond acceptors (Lipinski definition) is 3. The van der Waals surface area contributed by atoms with Crippen molar-refractivity contribution in [2.45, 2.75) is 6.17 Å². The van der Waals surface area contributed by atoms with E-state index in [0.29, 0.717) is 0 Å². The van der Waals surface area contributed by atoms with Gasteiger partial charge in [-0.1, -0.05) is 12.1 Å². The minimum atomic E-state index is -0.952. The summed E-state index contributed by atoms with van der Waals surface area (Å²) in [6.45, 7) is 0. The molecule has 0 aliphatic rings. The zero-order chi connectivity index (χ0) is 9.14. The molecule has 0 aliphatic carbocycles. The van der Waals surface area contributed by atoms with Crippen molar-refractivity contribution < 1.29 is 9.90 Å². The second-order valence-corrected chi connectivity index (χ2v) is 2.45. The smallest absolute Gasteiger partial charge is 0.335 e. The van der Waals surface area contributed by atoms with Crippen molar-refractivity contribution in [3.05, 3.63) is 35.4 Å². The van der Waals surface area contributed by atoms with Gasteiger partial charge in [-0.2, -0.15) is 0 Å². The van der Waals surface area contributed by atoms with Crippen LogP contribution in [0.25, 0.3) is 0 Å². The number of rotatable bonds is 2. The van der Waals surface area contributed by atoms with Gasteiger partial charge >= 0.3 is 5.97 Å². The summed E-state index contributed by atoms with van der Waals surface area (Å²) in [5.41, 5.74) is 11.7. The highest BCUT2D eigenvalue weighted by Crippen LogP contribution is 2.07. The van der Waals surface area contributed by atoms with Crippen molar-refractivity contribution >= 4 is 30.8 Å². The minimum Gasteiger partial charge on any atom is -0.478 e. The summed E-state index contributed by atoms with van der Waals surface area (Å²) in [5.74, 6) is -0.952. The lowest BCUT2D eigenvalue weighted by Crippen LogP contribution is -2.19. The Bertz CT molecular complexity index is 288. The van der Waals surface area contributed by atoms with Gasteiger partial charge in [-0.05, 0) is 17.7 Å². The minimum absolute atomic E-state index is 0. The Morgan fingerprint density at radius 1 is 1.14 bits per heavy atom. The molecule has 14 heavy (non-hydrogen) atoms. The van der Waals surface area contributed by atoms with Gasteiger partial charge in [0.25, 0.3) is 0 Å².